The van der Waals surface area contributed by atoms with Gasteiger partial charge >= 0.3 is 0 Å². The highest BCUT2D eigenvalue weighted by Gasteiger charge is 2.26. The number of carbonyl (C=O) groups is 2. The smallest absolute Gasteiger partial charge is 0.252 e. The van der Waals surface area contributed by atoms with Crippen molar-refractivity contribution < 1.29 is 9.59 Å². The standard InChI is InChI=1S/C24H23N3O2S/c28-23(27-13-5-7-16-6-1-4-10-21(16)27)15-30-22-14-19(24(29)25-17-11-12-17)18-8-2-3-9-20(18)26-22/h1-4,6,8-10,14,17H,5,7,11-13,15H2,(H,25,29). The van der Waals surface area contributed by atoms with Crippen molar-refractivity contribution in [2.75, 3.05) is 17.2 Å². The quantitative estimate of drug-likeness (QED) is 0.632. The van der Waals surface area contributed by atoms with Crippen LogP contribution < -0.4 is 10.2 Å². The lowest BCUT2D eigenvalue weighted by Gasteiger charge is -2.29. The predicted octanol–water partition coefficient (Wildman–Crippen LogP) is 4.20. The summed E-state index contributed by atoms with van der Waals surface area (Å²) in [5, 5.41) is 4.61. The number of benzene rings is 2. The number of carbonyl (C=O) groups excluding carboxylic acids is 2. The zero-order valence-electron chi connectivity index (χ0n) is 16.6. The molecule has 3 aromatic rings. The Morgan fingerprint density at radius 1 is 1.10 bits per heavy atom. The molecule has 5 rings (SSSR count). The number of para-hydroxylation sites is 2. The molecular formula is C24H23N3O2S. The van der Waals surface area contributed by atoms with E-state index in [-0.39, 0.29) is 11.8 Å². The van der Waals surface area contributed by atoms with Gasteiger partial charge in [0.2, 0.25) is 5.91 Å². The van der Waals surface area contributed by atoms with Gasteiger partial charge in [0.05, 0.1) is 21.9 Å². The van der Waals surface area contributed by atoms with Crippen LogP contribution in [0, 0.1) is 0 Å². The summed E-state index contributed by atoms with van der Waals surface area (Å²) in [7, 11) is 0. The average Bonchev–Trinajstić information content (AvgIpc) is 3.60. The molecule has 0 unspecified atom stereocenters. The van der Waals surface area contributed by atoms with Crippen molar-refractivity contribution in [1.82, 2.24) is 10.3 Å². The number of hydrogen-bond acceptors (Lipinski definition) is 4. The number of fused-ring (bicyclic) bond motifs is 2. The summed E-state index contributed by atoms with van der Waals surface area (Å²) in [5.74, 6) is 0.309. The molecule has 6 heteroatoms. The van der Waals surface area contributed by atoms with Crippen LogP contribution in [-0.2, 0) is 11.2 Å². The zero-order chi connectivity index (χ0) is 20.5. The summed E-state index contributed by atoms with van der Waals surface area (Å²) in [6.07, 6.45) is 4.08. The number of aromatic nitrogens is 1. The second-order valence-corrected chi connectivity index (χ2v) is 8.83. The van der Waals surface area contributed by atoms with Gasteiger partial charge in [-0.15, -0.1) is 0 Å². The van der Waals surface area contributed by atoms with Crippen molar-refractivity contribution in [1.29, 1.82) is 0 Å². The molecule has 1 aliphatic heterocycles. The van der Waals surface area contributed by atoms with E-state index in [1.165, 1.54) is 17.3 Å². The van der Waals surface area contributed by atoms with Gasteiger partial charge < -0.3 is 10.2 Å². The van der Waals surface area contributed by atoms with Gasteiger partial charge in [-0.3, -0.25) is 9.59 Å². The first-order valence-corrected chi connectivity index (χ1v) is 11.4. The Bertz CT molecular complexity index is 1130. The third-order valence-electron chi connectivity index (χ3n) is 5.60. The van der Waals surface area contributed by atoms with Crippen LogP contribution in [0.25, 0.3) is 10.9 Å². The highest BCUT2D eigenvalue weighted by molar-refractivity contribution is 7.99. The van der Waals surface area contributed by atoms with Gasteiger partial charge in [0.25, 0.3) is 5.91 Å². The highest BCUT2D eigenvalue weighted by Crippen LogP contribution is 2.29. The first-order chi connectivity index (χ1) is 14.7. The van der Waals surface area contributed by atoms with Crippen LogP contribution >= 0.6 is 11.8 Å². The SMILES string of the molecule is O=C(NC1CC1)c1cc(SCC(=O)N2CCCc3ccccc32)nc2ccccc12. The van der Waals surface area contributed by atoms with Crippen molar-refractivity contribution in [3.05, 3.63) is 65.7 Å². The molecule has 5 nitrogen and oxygen atoms in total. The molecular weight excluding hydrogens is 394 g/mol. The fourth-order valence-corrected chi connectivity index (χ4v) is 4.70. The molecule has 0 saturated heterocycles. The largest absolute Gasteiger partial charge is 0.349 e. The predicted molar refractivity (Wildman–Crippen MR) is 120 cm³/mol. The molecule has 1 saturated carbocycles. The molecule has 0 radical (unpaired) electrons. The molecule has 152 valence electrons. The summed E-state index contributed by atoms with van der Waals surface area (Å²) < 4.78 is 0. The monoisotopic (exact) mass is 417 g/mol. The Balaban J connectivity index is 1.37. The Kier molecular flexibility index (Phi) is 5.17. The first kappa shape index (κ1) is 19.1. The van der Waals surface area contributed by atoms with Crippen LogP contribution in [0.2, 0.25) is 0 Å². The molecule has 0 spiro atoms. The molecule has 30 heavy (non-hydrogen) atoms. The van der Waals surface area contributed by atoms with Crippen molar-refractivity contribution in [2.24, 2.45) is 0 Å². The normalized spacial score (nSPS) is 15.7. The summed E-state index contributed by atoms with van der Waals surface area (Å²) in [6, 6.07) is 17.9. The van der Waals surface area contributed by atoms with Gasteiger partial charge in [-0.2, -0.15) is 0 Å². The zero-order valence-corrected chi connectivity index (χ0v) is 17.5. The summed E-state index contributed by atoms with van der Waals surface area (Å²) in [6.45, 7) is 0.747. The Labute approximate surface area is 179 Å². The van der Waals surface area contributed by atoms with Gasteiger partial charge in [0.15, 0.2) is 0 Å². The third-order valence-corrected chi connectivity index (χ3v) is 6.50. The number of aryl methyl sites for hydroxylation is 1. The van der Waals surface area contributed by atoms with E-state index in [9.17, 15) is 9.59 Å². The highest BCUT2D eigenvalue weighted by atomic mass is 32.2. The van der Waals surface area contributed by atoms with E-state index in [1.54, 1.807) is 0 Å². The van der Waals surface area contributed by atoms with Crippen molar-refractivity contribution in [3.63, 3.8) is 0 Å². The van der Waals surface area contributed by atoms with E-state index in [0.717, 1.165) is 48.8 Å². The Hall–Kier alpha value is -2.86. The molecule has 2 heterocycles. The van der Waals surface area contributed by atoms with Gasteiger partial charge in [-0.05, 0) is 49.4 Å². The maximum atomic E-state index is 13.0. The molecule has 2 aromatic carbocycles. The minimum atomic E-state index is -0.0609. The van der Waals surface area contributed by atoms with Crippen molar-refractivity contribution in [3.8, 4) is 0 Å². The number of hydrogen-bond donors (Lipinski definition) is 1. The maximum Gasteiger partial charge on any atom is 0.252 e. The molecule has 1 fully saturated rings. The van der Waals surface area contributed by atoms with Crippen LogP contribution in [0.4, 0.5) is 5.69 Å². The van der Waals surface area contributed by atoms with E-state index in [2.05, 4.69) is 16.4 Å². The summed E-state index contributed by atoms with van der Waals surface area (Å²) >= 11 is 1.40. The first-order valence-electron chi connectivity index (χ1n) is 10.4. The van der Waals surface area contributed by atoms with Gasteiger partial charge in [-0.25, -0.2) is 4.98 Å². The van der Waals surface area contributed by atoms with E-state index in [4.69, 9.17) is 0 Å². The number of anilines is 1. The number of rotatable bonds is 5. The second-order valence-electron chi connectivity index (χ2n) is 7.84. The molecule has 0 atom stereocenters. The second kappa shape index (κ2) is 8.11. The lowest BCUT2D eigenvalue weighted by molar-refractivity contribution is -0.116. The number of nitrogens with one attached hydrogen (secondary N) is 1. The van der Waals surface area contributed by atoms with Crippen LogP contribution in [0.1, 0.15) is 35.2 Å². The lowest BCUT2D eigenvalue weighted by Crippen LogP contribution is -2.36. The topological polar surface area (TPSA) is 62.3 Å². The average molecular weight is 418 g/mol. The van der Waals surface area contributed by atoms with E-state index >= 15 is 0 Å². The maximum absolute atomic E-state index is 13.0. The molecule has 2 aliphatic rings. The minimum Gasteiger partial charge on any atom is -0.349 e. The van der Waals surface area contributed by atoms with Crippen LogP contribution in [0.3, 0.4) is 0 Å². The van der Waals surface area contributed by atoms with E-state index in [1.807, 2.05) is 53.4 Å². The summed E-state index contributed by atoms with van der Waals surface area (Å²) in [4.78, 5) is 32.3. The van der Waals surface area contributed by atoms with Crippen LogP contribution in [0.5, 0.6) is 0 Å². The van der Waals surface area contributed by atoms with E-state index in [0.29, 0.717) is 22.4 Å². The van der Waals surface area contributed by atoms with Crippen LogP contribution in [0.15, 0.2) is 59.6 Å². The van der Waals surface area contributed by atoms with Crippen LogP contribution in [-0.4, -0.2) is 35.1 Å². The van der Waals surface area contributed by atoms with Gasteiger partial charge in [0.1, 0.15) is 0 Å². The van der Waals surface area contributed by atoms with Gasteiger partial charge in [0, 0.05) is 23.7 Å². The fraction of sp³-hybridized carbons (Fsp3) is 0.292. The fourth-order valence-electron chi connectivity index (χ4n) is 3.91. The van der Waals surface area contributed by atoms with Gasteiger partial charge in [-0.1, -0.05) is 48.2 Å². The number of nitrogens with zero attached hydrogens (tertiary/aromatic N) is 2. The van der Waals surface area contributed by atoms with E-state index < -0.39 is 0 Å². The number of pyridine rings is 1. The Morgan fingerprint density at radius 2 is 1.90 bits per heavy atom. The van der Waals surface area contributed by atoms with Crippen molar-refractivity contribution in [2.45, 2.75) is 36.8 Å². The summed E-state index contributed by atoms with van der Waals surface area (Å²) in [5.41, 5.74) is 3.65. The lowest BCUT2D eigenvalue weighted by atomic mass is 10.0. The molecule has 0 bridgehead atoms. The molecule has 2 amide bonds. The molecule has 1 aliphatic carbocycles. The third kappa shape index (κ3) is 3.92. The van der Waals surface area contributed by atoms with Crippen molar-refractivity contribution >= 4 is 40.2 Å². The molecule has 1 N–H and O–H groups in total. The molecule has 1 aromatic heterocycles. The Morgan fingerprint density at radius 3 is 2.77 bits per heavy atom. The number of amides is 2. The minimum absolute atomic E-state index is 0.0609. The number of thioether (sulfide) groups is 1.